The van der Waals surface area contributed by atoms with Gasteiger partial charge in [-0.3, -0.25) is 4.79 Å². The maximum Gasteiger partial charge on any atom is 0.257 e. The second-order valence-electron chi connectivity index (χ2n) is 6.38. The lowest BCUT2D eigenvalue weighted by Crippen LogP contribution is -2.44. The normalized spacial score (nSPS) is 16.8. The van der Waals surface area contributed by atoms with E-state index in [-0.39, 0.29) is 17.8 Å². The van der Waals surface area contributed by atoms with Crippen molar-refractivity contribution >= 4 is 11.6 Å². The lowest BCUT2D eigenvalue weighted by atomic mass is 10.0. The molecule has 0 unspecified atom stereocenters. The Morgan fingerprint density at radius 1 is 1.25 bits per heavy atom. The molecular formula is C19H22N2O3. The molecule has 126 valence electrons. The summed E-state index contributed by atoms with van der Waals surface area (Å²) in [5, 5.41) is 13.5. The molecule has 0 aliphatic carbocycles. The molecular weight excluding hydrogens is 304 g/mol. The minimum atomic E-state index is -0.327. The topological polar surface area (TPSA) is 61.8 Å². The van der Waals surface area contributed by atoms with Crippen molar-refractivity contribution in [2.24, 2.45) is 5.92 Å². The number of anilines is 1. The molecule has 2 N–H and O–H groups in total. The van der Waals surface area contributed by atoms with E-state index in [0.29, 0.717) is 23.8 Å². The van der Waals surface area contributed by atoms with Crippen LogP contribution in [-0.4, -0.2) is 29.6 Å². The Morgan fingerprint density at radius 2 is 2.00 bits per heavy atom. The van der Waals surface area contributed by atoms with E-state index in [1.807, 2.05) is 35.2 Å². The van der Waals surface area contributed by atoms with Gasteiger partial charge in [0.2, 0.25) is 0 Å². The predicted octanol–water partition coefficient (Wildman–Crippen LogP) is 3.62. The molecule has 0 saturated heterocycles. The average Bonchev–Trinajstić information content (AvgIpc) is 2.57. The zero-order chi connectivity index (χ0) is 17.3. The number of fused-ring (bicyclic) bond motifs is 1. The summed E-state index contributed by atoms with van der Waals surface area (Å²) in [4.78, 5) is 14.8. The number of nitrogens with one attached hydrogen (secondary N) is 1. The third kappa shape index (κ3) is 2.89. The Bertz CT molecular complexity index is 758. The summed E-state index contributed by atoms with van der Waals surface area (Å²) >= 11 is 0. The molecule has 1 aliphatic rings. The number of benzene rings is 2. The van der Waals surface area contributed by atoms with Crippen LogP contribution in [0.2, 0.25) is 0 Å². The second-order valence-corrected chi connectivity index (χ2v) is 6.38. The Kier molecular flexibility index (Phi) is 4.34. The van der Waals surface area contributed by atoms with Crippen LogP contribution in [0.25, 0.3) is 0 Å². The summed E-state index contributed by atoms with van der Waals surface area (Å²) in [7, 11) is 1.51. The minimum absolute atomic E-state index is 0.00152. The van der Waals surface area contributed by atoms with Crippen LogP contribution >= 0.6 is 0 Å². The third-order valence-corrected chi connectivity index (χ3v) is 4.10. The highest BCUT2D eigenvalue weighted by Crippen LogP contribution is 2.36. The summed E-state index contributed by atoms with van der Waals surface area (Å²) in [5.41, 5.74) is 2.30. The first-order chi connectivity index (χ1) is 11.5. The number of hydrogen-bond acceptors (Lipinski definition) is 4. The van der Waals surface area contributed by atoms with Crippen LogP contribution < -0.4 is 10.1 Å². The van der Waals surface area contributed by atoms with Crippen molar-refractivity contribution in [2.45, 2.75) is 20.0 Å². The molecule has 2 aromatic carbocycles. The van der Waals surface area contributed by atoms with Crippen molar-refractivity contribution < 1.29 is 14.6 Å². The number of methoxy groups -OCH3 is 1. The van der Waals surface area contributed by atoms with Crippen molar-refractivity contribution in [3.05, 3.63) is 53.6 Å². The van der Waals surface area contributed by atoms with Crippen molar-refractivity contribution in [1.82, 2.24) is 4.90 Å². The third-order valence-electron chi connectivity index (χ3n) is 4.10. The maximum atomic E-state index is 12.9. The number of para-hydroxylation sites is 1. The highest BCUT2D eigenvalue weighted by Gasteiger charge is 2.33. The maximum absolute atomic E-state index is 12.9. The van der Waals surface area contributed by atoms with Crippen LogP contribution in [0.1, 0.15) is 35.9 Å². The van der Waals surface area contributed by atoms with Gasteiger partial charge in [-0.1, -0.05) is 32.0 Å². The molecule has 0 fully saturated rings. The molecule has 5 nitrogen and oxygen atoms in total. The van der Waals surface area contributed by atoms with E-state index in [4.69, 9.17) is 4.74 Å². The molecule has 2 aromatic rings. The minimum Gasteiger partial charge on any atom is -0.504 e. The first kappa shape index (κ1) is 16.2. The first-order valence-corrected chi connectivity index (χ1v) is 8.04. The fourth-order valence-corrected chi connectivity index (χ4v) is 3.01. The van der Waals surface area contributed by atoms with Gasteiger partial charge in [0.15, 0.2) is 11.5 Å². The number of aromatic hydroxyl groups is 1. The number of rotatable bonds is 4. The van der Waals surface area contributed by atoms with E-state index >= 15 is 0 Å². The Hall–Kier alpha value is -2.69. The molecule has 3 rings (SSSR count). The lowest BCUT2D eigenvalue weighted by Gasteiger charge is -2.39. The van der Waals surface area contributed by atoms with Crippen LogP contribution in [-0.2, 0) is 0 Å². The fourth-order valence-electron chi connectivity index (χ4n) is 3.01. The zero-order valence-electron chi connectivity index (χ0n) is 14.1. The quantitative estimate of drug-likeness (QED) is 0.901. The van der Waals surface area contributed by atoms with E-state index in [9.17, 15) is 9.90 Å². The van der Waals surface area contributed by atoms with Crippen molar-refractivity contribution in [3.8, 4) is 11.5 Å². The van der Waals surface area contributed by atoms with Gasteiger partial charge in [0.05, 0.1) is 12.7 Å². The number of carbonyl (C=O) groups excluding carboxylic acids is 1. The van der Waals surface area contributed by atoms with Gasteiger partial charge in [0.1, 0.15) is 6.17 Å². The van der Waals surface area contributed by atoms with E-state index in [2.05, 4.69) is 19.2 Å². The van der Waals surface area contributed by atoms with Crippen LogP contribution in [0.4, 0.5) is 5.69 Å². The van der Waals surface area contributed by atoms with Gasteiger partial charge < -0.3 is 20.1 Å². The summed E-state index contributed by atoms with van der Waals surface area (Å²) in [6.07, 6.45) is -0.327. The monoisotopic (exact) mass is 326 g/mol. The van der Waals surface area contributed by atoms with E-state index < -0.39 is 0 Å². The number of ether oxygens (including phenoxy) is 1. The second kappa shape index (κ2) is 6.43. The number of nitrogens with zero attached hydrogens (tertiary/aromatic N) is 1. The molecule has 0 aromatic heterocycles. The van der Waals surface area contributed by atoms with Crippen LogP contribution in [0.15, 0.2) is 42.5 Å². The number of phenols is 1. The molecule has 0 spiro atoms. The molecule has 1 atom stereocenters. The van der Waals surface area contributed by atoms with Crippen LogP contribution in [0.3, 0.4) is 0 Å². The molecule has 0 radical (unpaired) electrons. The smallest absolute Gasteiger partial charge is 0.257 e. The van der Waals surface area contributed by atoms with Crippen LogP contribution in [0, 0.1) is 5.92 Å². The van der Waals surface area contributed by atoms with Gasteiger partial charge in [-0.2, -0.15) is 0 Å². The summed E-state index contributed by atoms with van der Waals surface area (Å²) in [6, 6.07) is 12.7. The average molecular weight is 326 g/mol. The van der Waals surface area contributed by atoms with Gasteiger partial charge >= 0.3 is 0 Å². The molecule has 1 aliphatic heterocycles. The summed E-state index contributed by atoms with van der Waals surface area (Å²) in [6.45, 7) is 4.78. The van der Waals surface area contributed by atoms with Crippen LogP contribution in [0.5, 0.6) is 11.5 Å². The van der Waals surface area contributed by atoms with Gasteiger partial charge in [0, 0.05) is 12.2 Å². The Morgan fingerprint density at radius 3 is 2.67 bits per heavy atom. The Labute approximate surface area is 141 Å². The van der Waals surface area contributed by atoms with Crippen molar-refractivity contribution in [2.75, 3.05) is 19.0 Å². The molecule has 24 heavy (non-hydrogen) atoms. The van der Waals surface area contributed by atoms with Crippen molar-refractivity contribution in [1.29, 1.82) is 0 Å². The first-order valence-electron chi connectivity index (χ1n) is 8.04. The van der Waals surface area contributed by atoms with Crippen molar-refractivity contribution in [3.63, 3.8) is 0 Å². The van der Waals surface area contributed by atoms with E-state index in [1.165, 1.54) is 7.11 Å². The molecule has 1 heterocycles. The lowest BCUT2D eigenvalue weighted by molar-refractivity contribution is 0.0657. The number of hydrogen-bond donors (Lipinski definition) is 2. The highest BCUT2D eigenvalue weighted by molar-refractivity contribution is 6.01. The predicted molar refractivity (Wildman–Crippen MR) is 93.3 cm³/mol. The standard InChI is InChI=1S/C19H22N2O3/c1-12(2)11-21-18(13-8-9-17(24-3)16(22)10-13)20-15-7-5-4-6-14(15)19(21)23/h4-10,12,18,20,22H,11H2,1-3H3/t18-/m1/s1. The summed E-state index contributed by atoms with van der Waals surface area (Å²) < 4.78 is 5.11. The fraction of sp³-hybridized carbons (Fsp3) is 0.316. The summed E-state index contributed by atoms with van der Waals surface area (Å²) in [5.74, 6) is 0.804. The highest BCUT2D eigenvalue weighted by atomic mass is 16.5. The Balaban J connectivity index is 2.03. The van der Waals surface area contributed by atoms with Gasteiger partial charge in [0.25, 0.3) is 5.91 Å². The zero-order valence-corrected chi connectivity index (χ0v) is 14.1. The van der Waals surface area contributed by atoms with Gasteiger partial charge in [-0.25, -0.2) is 0 Å². The molecule has 5 heteroatoms. The largest absolute Gasteiger partial charge is 0.504 e. The van der Waals surface area contributed by atoms with Gasteiger partial charge in [-0.05, 0) is 35.7 Å². The number of phenolic OH excluding ortho intramolecular Hbond substituents is 1. The number of carbonyl (C=O) groups is 1. The molecule has 1 amide bonds. The van der Waals surface area contributed by atoms with E-state index in [1.54, 1.807) is 12.1 Å². The number of amides is 1. The SMILES string of the molecule is COc1ccc([C@@H]2Nc3ccccc3C(=O)N2CC(C)C)cc1O. The molecule has 0 bridgehead atoms. The molecule has 0 saturated carbocycles. The van der Waals surface area contributed by atoms with E-state index in [0.717, 1.165) is 11.3 Å². The van der Waals surface area contributed by atoms with Gasteiger partial charge in [-0.15, -0.1) is 0 Å².